The maximum atomic E-state index is 12.3. The van der Waals surface area contributed by atoms with Crippen LogP contribution in [-0.2, 0) is 4.79 Å². The Morgan fingerprint density at radius 2 is 2.05 bits per heavy atom. The molecule has 0 radical (unpaired) electrons. The molecule has 0 aromatic rings. The van der Waals surface area contributed by atoms with E-state index in [2.05, 4.69) is 11.8 Å². The Bertz CT molecular complexity index is 309. The second kappa shape index (κ2) is 6.71. The third-order valence-electron chi connectivity index (χ3n) is 4.69. The highest BCUT2D eigenvalue weighted by Crippen LogP contribution is 2.26. The van der Waals surface area contributed by atoms with Crippen LogP contribution in [-0.4, -0.2) is 59.6 Å². The summed E-state index contributed by atoms with van der Waals surface area (Å²) in [5.74, 6) is 0.610. The van der Waals surface area contributed by atoms with Gasteiger partial charge in [-0.15, -0.1) is 0 Å². The summed E-state index contributed by atoms with van der Waals surface area (Å²) in [7, 11) is 2.00. The molecule has 0 aromatic heterocycles. The second-order valence-corrected chi connectivity index (χ2v) is 6.39. The van der Waals surface area contributed by atoms with E-state index in [0.717, 1.165) is 45.2 Å². The van der Waals surface area contributed by atoms with E-state index in [9.17, 15) is 9.90 Å². The Hall–Kier alpha value is -0.610. The number of aliphatic hydroxyl groups is 1. The molecule has 1 heterocycles. The van der Waals surface area contributed by atoms with Crippen molar-refractivity contribution in [2.75, 3.05) is 26.7 Å². The van der Waals surface area contributed by atoms with Crippen molar-refractivity contribution in [3.05, 3.63) is 0 Å². The number of piperidine rings is 1. The Labute approximate surface area is 116 Å². The first-order valence-electron chi connectivity index (χ1n) is 7.74. The number of amides is 1. The van der Waals surface area contributed by atoms with Crippen LogP contribution in [0.15, 0.2) is 0 Å². The minimum atomic E-state index is -0.161. The van der Waals surface area contributed by atoms with Crippen LogP contribution in [0.4, 0.5) is 0 Å². The average molecular weight is 268 g/mol. The van der Waals surface area contributed by atoms with Crippen LogP contribution in [0.25, 0.3) is 0 Å². The van der Waals surface area contributed by atoms with E-state index in [-0.39, 0.29) is 12.0 Å². The van der Waals surface area contributed by atoms with Crippen molar-refractivity contribution in [3.8, 4) is 0 Å². The predicted octanol–water partition coefficient (Wildman–Crippen LogP) is 1.48. The highest BCUT2D eigenvalue weighted by Gasteiger charge is 2.28. The standard InChI is InChI=1S/C15H28N2O2/c1-12-6-3-4-9-17(12)15(19)11-16(2)10-13-7-5-8-14(13)18/h12-14,18H,3-11H2,1-2H3. The lowest BCUT2D eigenvalue weighted by atomic mass is 10.0. The third-order valence-corrected chi connectivity index (χ3v) is 4.69. The number of likely N-dealkylation sites (N-methyl/N-ethyl adjacent to an activating group) is 1. The number of aliphatic hydroxyl groups excluding tert-OH is 1. The summed E-state index contributed by atoms with van der Waals surface area (Å²) in [5, 5.41) is 9.84. The van der Waals surface area contributed by atoms with E-state index in [0.29, 0.717) is 18.5 Å². The van der Waals surface area contributed by atoms with E-state index >= 15 is 0 Å². The lowest BCUT2D eigenvalue weighted by molar-refractivity contribution is -0.135. The van der Waals surface area contributed by atoms with Gasteiger partial charge in [-0.05, 0) is 52.0 Å². The first kappa shape index (κ1) is 14.8. The minimum absolute atomic E-state index is 0.161. The smallest absolute Gasteiger partial charge is 0.236 e. The van der Waals surface area contributed by atoms with Crippen molar-refractivity contribution in [3.63, 3.8) is 0 Å². The number of nitrogens with zero attached hydrogens (tertiary/aromatic N) is 2. The molecule has 1 N–H and O–H groups in total. The summed E-state index contributed by atoms with van der Waals surface area (Å²) in [5.41, 5.74) is 0. The summed E-state index contributed by atoms with van der Waals surface area (Å²) < 4.78 is 0. The van der Waals surface area contributed by atoms with Gasteiger partial charge >= 0.3 is 0 Å². The maximum Gasteiger partial charge on any atom is 0.236 e. The van der Waals surface area contributed by atoms with Gasteiger partial charge < -0.3 is 10.0 Å². The van der Waals surface area contributed by atoms with Crippen LogP contribution in [0.1, 0.15) is 45.4 Å². The van der Waals surface area contributed by atoms with Gasteiger partial charge in [-0.25, -0.2) is 0 Å². The average Bonchev–Trinajstić information content (AvgIpc) is 2.75. The molecule has 1 amide bonds. The fraction of sp³-hybridized carbons (Fsp3) is 0.933. The van der Waals surface area contributed by atoms with Gasteiger partial charge in [-0.2, -0.15) is 0 Å². The summed E-state index contributed by atoms with van der Waals surface area (Å²) in [4.78, 5) is 16.4. The molecular weight excluding hydrogens is 240 g/mol. The van der Waals surface area contributed by atoms with Crippen LogP contribution < -0.4 is 0 Å². The monoisotopic (exact) mass is 268 g/mol. The van der Waals surface area contributed by atoms with Crippen LogP contribution in [0, 0.1) is 5.92 Å². The molecule has 1 aliphatic carbocycles. The van der Waals surface area contributed by atoms with Gasteiger partial charge in [0.15, 0.2) is 0 Å². The van der Waals surface area contributed by atoms with Crippen molar-refractivity contribution in [1.82, 2.24) is 9.80 Å². The zero-order valence-corrected chi connectivity index (χ0v) is 12.3. The zero-order chi connectivity index (χ0) is 13.8. The molecule has 19 heavy (non-hydrogen) atoms. The molecule has 1 saturated carbocycles. The highest BCUT2D eigenvalue weighted by atomic mass is 16.3. The van der Waals surface area contributed by atoms with E-state index in [4.69, 9.17) is 0 Å². The largest absolute Gasteiger partial charge is 0.393 e. The van der Waals surface area contributed by atoms with E-state index in [1.807, 2.05) is 11.9 Å². The molecule has 2 aliphatic rings. The minimum Gasteiger partial charge on any atom is -0.393 e. The van der Waals surface area contributed by atoms with Crippen molar-refractivity contribution >= 4 is 5.91 Å². The fourth-order valence-corrected chi connectivity index (χ4v) is 3.49. The molecule has 0 aromatic carbocycles. The lowest BCUT2D eigenvalue weighted by Gasteiger charge is -2.35. The normalized spacial score (nSPS) is 32.0. The molecule has 1 aliphatic heterocycles. The lowest BCUT2D eigenvalue weighted by Crippen LogP contribution is -2.47. The molecule has 3 atom stereocenters. The van der Waals surface area contributed by atoms with Crippen LogP contribution >= 0.6 is 0 Å². The predicted molar refractivity (Wildman–Crippen MR) is 75.9 cm³/mol. The van der Waals surface area contributed by atoms with Gasteiger partial charge in [-0.1, -0.05) is 6.42 Å². The number of carbonyl (C=O) groups excluding carboxylic acids is 1. The summed E-state index contributed by atoms with van der Waals surface area (Å²) >= 11 is 0. The van der Waals surface area contributed by atoms with Gasteiger partial charge in [0, 0.05) is 19.1 Å². The molecule has 2 fully saturated rings. The molecule has 2 rings (SSSR count). The number of carbonyl (C=O) groups is 1. The molecule has 0 bridgehead atoms. The molecule has 110 valence electrons. The first-order chi connectivity index (χ1) is 9.08. The van der Waals surface area contributed by atoms with Crippen molar-refractivity contribution in [2.45, 2.75) is 57.6 Å². The van der Waals surface area contributed by atoms with E-state index in [1.165, 1.54) is 6.42 Å². The molecule has 4 heteroatoms. The van der Waals surface area contributed by atoms with Crippen LogP contribution in [0.3, 0.4) is 0 Å². The number of hydrogen-bond acceptors (Lipinski definition) is 3. The molecule has 1 saturated heterocycles. The Morgan fingerprint density at radius 1 is 1.26 bits per heavy atom. The fourth-order valence-electron chi connectivity index (χ4n) is 3.49. The van der Waals surface area contributed by atoms with Crippen molar-refractivity contribution in [1.29, 1.82) is 0 Å². The topological polar surface area (TPSA) is 43.8 Å². The van der Waals surface area contributed by atoms with E-state index < -0.39 is 0 Å². The number of hydrogen-bond donors (Lipinski definition) is 1. The first-order valence-corrected chi connectivity index (χ1v) is 7.74. The highest BCUT2D eigenvalue weighted by molar-refractivity contribution is 5.78. The number of rotatable bonds is 4. The van der Waals surface area contributed by atoms with Crippen molar-refractivity contribution < 1.29 is 9.90 Å². The van der Waals surface area contributed by atoms with Gasteiger partial charge in [-0.3, -0.25) is 9.69 Å². The number of likely N-dealkylation sites (tertiary alicyclic amines) is 1. The van der Waals surface area contributed by atoms with Gasteiger partial charge in [0.1, 0.15) is 0 Å². The van der Waals surface area contributed by atoms with Gasteiger partial charge in [0.05, 0.1) is 12.6 Å². The SMILES string of the molecule is CC1CCCCN1C(=O)CN(C)CC1CCCC1O. The van der Waals surface area contributed by atoms with Gasteiger partial charge in [0.25, 0.3) is 0 Å². The van der Waals surface area contributed by atoms with Crippen molar-refractivity contribution in [2.24, 2.45) is 5.92 Å². The summed E-state index contributed by atoms with van der Waals surface area (Å²) in [6.07, 6.45) is 6.51. The molecule has 4 nitrogen and oxygen atoms in total. The Balaban J connectivity index is 1.77. The summed E-state index contributed by atoms with van der Waals surface area (Å²) in [6, 6.07) is 0.395. The maximum absolute atomic E-state index is 12.3. The Kier molecular flexibility index (Phi) is 5.22. The molecular formula is C15H28N2O2. The Morgan fingerprint density at radius 3 is 2.68 bits per heavy atom. The van der Waals surface area contributed by atoms with Crippen LogP contribution in [0.5, 0.6) is 0 Å². The quantitative estimate of drug-likeness (QED) is 0.840. The molecule has 3 unspecified atom stereocenters. The summed E-state index contributed by atoms with van der Waals surface area (Å²) in [6.45, 7) is 4.40. The van der Waals surface area contributed by atoms with Gasteiger partial charge in [0.2, 0.25) is 5.91 Å². The second-order valence-electron chi connectivity index (χ2n) is 6.39. The molecule has 0 spiro atoms. The zero-order valence-electron chi connectivity index (χ0n) is 12.3. The third kappa shape index (κ3) is 3.93. The van der Waals surface area contributed by atoms with E-state index in [1.54, 1.807) is 0 Å². The van der Waals surface area contributed by atoms with Crippen LogP contribution in [0.2, 0.25) is 0 Å².